The Morgan fingerprint density at radius 3 is 2.42 bits per heavy atom. The van der Waals surface area contributed by atoms with E-state index in [1.165, 1.54) is 43.1 Å². The number of nitrogens with one attached hydrogen (secondary N) is 3. The van der Waals surface area contributed by atoms with Gasteiger partial charge in [-0.1, -0.05) is 48.9 Å². The van der Waals surface area contributed by atoms with Crippen molar-refractivity contribution in [3.8, 4) is 0 Å². The van der Waals surface area contributed by atoms with Gasteiger partial charge in [-0.05, 0) is 42.5 Å². The number of aliphatic hydroxyl groups excluding tert-OH is 1. The first-order chi connectivity index (χ1) is 20.8. The fourth-order valence-electron chi connectivity index (χ4n) is 5.06. The molecule has 4 rings (SSSR count). The number of ketones is 1. The van der Waals surface area contributed by atoms with E-state index >= 15 is 0 Å². The number of rotatable bonds is 11. The lowest BCUT2D eigenvalue weighted by Crippen LogP contribution is -2.56. The Labute approximate surface area is 264 Å². The molecule has 2 aromatic rings. The molecule has 0 saturated carbocycles. The van der Waals surface area contributed by atoms with Crippen LogP contribution in [0.5, 0.6) is 0 Å². The smallest absolute Gasteiger partial charge is 0.229 e. The summed E-state index contributed by atoms with van der Waals surface area (Å²) in [6, 6.07) is 10.2. The first kappa shape index (κ1) is 34.4. The highest BCUT2D eigenvalue weighted by molar-refractivity contribution is 8.23. The van der Waals surface area contributed by atoms with Crippen LogP contribution in [0.15, 0.2) is 57.3 Å². The lowest BCUT2D eigenvalue weighted by Gasteiger charge is -2.41. The Morgan fingerprint density at radius 2 is 1.80 bits per heavy atom. The minimum absolute atomic E-state index is 0.0142. The minimum atomic E-state index is -4.23. The number of hydrogen-bond donors (Lipinski definition) is 6. The maximum atomic E-state index is 14.6. The second-order valence-corrected chi connectivity index (χ2v) is 16.7. The lowest BCUT2D eigenvalue weighted by atomic mass is 9.72. The van der Waals surface area contributed by atoms with Crippen molar-refractivity contribution in [2.45, 2.75) is 44.0 Å². The van der Waals surface area contributed by atoms with Crippen molar-refractivity contribution in [1.82, 2.24) is 9.62 Å². The predicted octanol–water partition coefficient (Wildman–Crippen LogP) is 3.49. The fourth-order valence-corrected chi connectivity index (χ4v) is 8.26. The van der Waals surface area contributed by atoms with Gasteiger partial charge in [0, 0.05) is 26.1 Å². The van der Waals surface area contributed by atoms with Gasteiger partial charge in [0.05, 0.1) is 23.4 Å². The lowest BCUT2D eigenvalue weighted by molar-refractivity contribution is -0.127. The van der Waals surface area contributed by atoms with Crippen molar-refractivity contribution >= 4 is 65.5 Å². The summed E-state index contributed by atoms with van der Waals surface area (Å²) in [7, 11) is -10.5. The molecule has 2 aromatic carbocycles. The van der Waals surface area contributed by atoms with Gasteiger partial charge in [-0.25, -0.2) is 16.8 Å². The largest absolute Gasteiger partial charge is 0.506 e. The minimum Gasteiger partial charge on any atom is -0.506 e. The molecular weight excluding hydrogens is 647 g/mol. The molecule has 1 aliphatic heterocycles. The van der Waals surface area contributed by atoms with Gasteiger partial charge in [0.1, 0.15) is 21.8 Å². The van der Waals surface area contributed by atoms with Crippen molar-refractivity contribution in [2.75, 3.05) is 35.6 Å². The number of hydrogen-bond acceptors (Lipinski definition) is 11. The van der Waals surface area contributed by atoms with Gasteiger partial charge in [0.2, 0.25) is 26.0 Å². The van der Waals surface area contributed by atoms with Crippen LogP contribution < -0.4 is 14.8 Å². The van der Waals surface area contributed by atoms with E-state index in [-0.39, 0.29) is 52.2 Å². The zero-order valence-corrected chi connectivity index (χ0v) is 27.8. The number of amides is 1. The standard InChI is InChI=1S/C28H37N5O9S3/c1-17(2)12-13-28(32-44(39,40)15-14-33(4)18(3)34)21-9-7-6-8-20(21)25(35)24(26(28)36)27-29-22-11-10-19(30-43(5,37)38)16-23(22)45(41,42)31-27/h6-11,16-17,30,32,35,41-42H,12-15H2,1-5H3,(H,29,31). The monoisotopic (exact) mass is 683 g/mol. The van der Waals surface area contributed by atoms with Crippen LogP contribution in [-0.2, 0) is 35.2 Å². The molecule has 0 bridgehead atoms. The molecule has 246 valence electrons. The fraction of sp³-hybridized carbons (Fsp3) is 0.393. The summed E-state index contributed by atoms with van der Waals surface area (Å²) >= 11 is 0. The summed E-state index contributed by atoms with van der Waals surface area (Å²) in [4.78, 5) is 27.4. The number of Topliss-reactive ketones (excluding diaryl/α,β-unsaturated/α-hetero) is 1. The average Bonchev–Trinajstić information content (AvgIpc) is 2.92. The summed E-state index contributed by atoms with van der Waals surface area (Å²) in [6.45, 7) is 4.97. The number of anilines is 2. The SMILES string of the molecule is CC(=O)N(C)CCS(=O)(=O)NC1(CCC(C)C)C(=O)C(C2=NS(O)(O)c3cc(NS(C)(=O)=O)ccc3N2)=C(O)c2ccccc21. The Morgan fingerprint density at radius 1 is 1.13 bits per heavy atom. The predicted molar refractivity (Wildman–Crippen MR) is 174 cm³/mol. The van der Waals surface area contributed by atoms with Gasteiger partial charge >= 0.3 is 0 Å². The molecule has 0 spiro atoms. The number of carbonyl (C=O) groups excluding carboxylic acids is 2. The molecule has 14 nitrogen and oxygen atoms in total. The molecule has 0 fully saturated rings. The maximum Gasteiger partial charge on any atom is 0.229 e. The molecule has 1 aliphatic carbocycles. The number of aliphatic hydroxyl groups is 1. The molecular formula is C28H37N5O9S3. The third-order valence-electron chi connectivity index (χ3n) is 7.44. The summed E-state index contributed by atoms with van der Waals surface area (Å²) < 4.78 is 81.4. The highest BCUT2D eigenvalue weighted by Gasteiger charge is 2.51. The van der Waals surface area contributed by atoms with E-state index in [0.717, 1.165) is 6.26 Å². The quantitative estimate of drug-likeness (QED) is 0.203. The van der Waals surface area contributed by atoms with Crippen LogP contribution in [0, 0.1) is 5.92 Å². The Bertz CT molecular complexity index is 1820. The van der Waals surface area contributed by atoms with Gasteiger partial charge in [0.25, 0.3) is 0 Å². The average molecular weight is 684 g/mol. The van der Waals surface area contributed by atoms with E-state index in [2.05, 4.69) is 19.2 Å². The summed E-state index contributed by atoms with van der Waals surface area (Å²) in [5, 5.41) is 14.3. The topological polar surface area (TPSA) is 215 Å². The molecule has 0 radical (unpaired) electrons. The van der Waals surface area contributed by atoms with Gasteiger partial charge < -0.3 is 15.3 Å². The molecule has 6 N–H and O–H groups in total. The third kappa shape index (κ3) is 7.34. The molecule has 17 heteroatoms. The van der Waals surface area contributed by atoms with Crippen molar-refractivity contribution < 1.29 is 40.6 Å². The van der Waals surface area contributed by atoms with Crippen LogP contribution in [0.1, 0.15) is 44.7 Å². The third-order valence-corrected chi connectivity index (χ3v) is 10.8. The number of benzene rings is 2. The number of fused-ring (bicyclic) bond motifs is 2. The Balaban J connectivity index is 1.86. The first-order valence-electron chi connectivity index (χ1n) is 13.8. The molecule has 1 unspecified atom stereocenters. The number of nitrogens with zero attached hydrogens (tertiary/aromatic N) is 2. The first-order valence-corrected chi connectivity index (χ1v) is 18.9. The zero-order valence-electron chi connectivity index (χ0n) is 25.4. The second kappa shape index (κ2) is 12.4. The van der Waals surface area contributed by atoms with Crippen LogP contribution in [0.4, 0.5) is 11.4 Å². The summed E-state index contributed by atoms with van der Waals surface area (Å²) in [5.41, 5.74) is -1.93. The molecule has 0 aromatic heterocycles. The van der Waals surface area contributed by atoms with Crippen molar-refractivity contribution in [2.24, 2.45) is 10.3 Å². The van der Waals surface area contributed by atoms with Gasteiger partial charge in [0.15, 0.2) is 11.6 Å². The van der Waals surface area contributed by atoms with Crippen LogP contribution in [0.25, 0.3) is 5.76 Å². The summed E-state index contributed by atoms with van der Waals surface area (Å²) in [5.74, 6) is -2.64. The van der Waals surface area contributed by atoms with Crippen molar-refractivity contribution in [3.63, 3.8) is 0 Å². The molecule has 2 aliphatic rings. The highest BCUT2D eigenvalue weighted by Crippen LogP contribution is 2.57. The second-order valence-electron chi connectivity index (χ2n) is 11.5. The van der Waals surface area contributed by atoms with Crippen molar-refractivity contribution in [1.29, 1.82) is 0 Å². The normalized spacial score (nSPS) is 20.1. The molecule has 0 saturated heterocycles. The van der Waals surface area contributed by atoms with Crippen LogP contribution in [-0.4, -0.2) is 79.1 Å². The van der Waals surface area contributed by atoms with Crippen molar-refractivity contribution in [3.05, 3.63) is 59.2 Å². The summed E-state index contributed by atoms with van der Waals surface area (Å²) in [6.07, 6.45) is 1.31. The zero-order chi connectivity index (χ0) is 33.5. The van der Waals surface area contributed by atoms with E-state index in [1.54, 1.807) is 18.2 Å². The van der Waals surface area contributed by atoms with Crippen LogP contribution >= 0.6 is 10.8 Å². The molecule has 45 heavy (non-hydrogen) atoms. The molecule has 1 heterocycles. The van der Waals surface area contributed by atoms with E-state index in [1.807, 2.05) is 13.8 Å². The number of carbonyl (C=O) groups is 2. The number of sulfonamides is 2. The molecule has 1 atom stereocenters. The van der Waals surface area contributed by atoms with E-state index in [9.17, 15) is 40.6 Å². The van der Waals surface area contributed by atoms with Gasteiger partial charge in [-0.3, -0.25) is 23.4 Å². The number of amidine groups is 1. The Hall–Kier alpha value is -3.48. The van der Waals surface area contributed by atoms with E-state index in [4.69, 9.17) is 0 Å². The molecule has 1 amide bonds. The van der Waals surface area contributed by atoms with E-state index in [0.29, 0.717) is 6.42 Å². The highest BCUT2D eigenvalue weighted by atomic mass is 32.3. The van der Waals surface area contributed by atoms with Gasteiger partial charge in [-0.15, -0.1) is 4.40 Å². The van der Waals surface area contributed by atoms with Crippen LogP contribution in [0.3, 0.4) is 0 Å². The maximum absolute atomic E-state index is 14.6. The Kier molecular flexibility index (Phi) is 9.46. The van der Waals surface area contributed by atoms with E-state index < -0.39 is 65.1 Å². The van der Waals surface area contributed by atoms with Crippen LogP contribution in [0.2, 0.25) is 0 Å². The van der Waals surface area contributed by atoms with Gasteiger partial charge in [-0.2, -0.15) is 4.72 Å².